The first-order valence-electron chi connectivity index (χ1n) is 5.02. The predicted molar refractivity (Wildman–Crippen MR) is 62.5 cm³/mol. The molecule has 6 heteroatoms. The predicted octanol–water partition coefficient (Wildman–Crippen LogP) is 1.53. The number of carbonyl (C=O) groups is 2. The quantitative estimate of drug-likeness (QED) is 0.633. The number of aromatic hydroxyl groups is 1. The van der Waals surface area contributed by atoms with Crippen LogP contribution in [-0.2, 0) is 4.79 Å². The maximum atomic E-state index is 11.7. The summed E-state index contributed by atoms with van der Waals surface area (Å²) in [4.78, 5) is 36.8. The first kappa shape index (κ1) is 13.4. The van der Waals surface area contributed by atoms with E-state index >= 15 is 0 Å². The van der Waals surface area contributed by atoms with Gasteiger partial charge in [0.2, 0.25) is 17.0 Å². The molecule has 0 saturated heterocycles. The zero-order chi connectivity index (χ0) is 13.2. The van der Waals surface area contributed by atoms with Gasteiger partial charge < -0.3 is 10.1 Å². The molecule has 0 saturated carbocycles. The van der Waals surface area contributed by atoms with Crippen molar-refractivity contribution in [3.63, 3.8) is 0 Å². The van der Waals surface area contributed by atoms with Crippen molar-refractivity contribution in [2.45, 2.75) is 20.3 Å². The average molecular weight is 258 g/mol. The summed E-state index contributed by atoms with van der Waals surface area (Å²) in [5.41, 5.74) is -1.15. The fourth-order valence-corrected chi connectivity index (χ4v) is 1.50. The Labute approximate surface area is 102 Å². The molecule has 1 aromatic rings. The Morgan fingerprint density at radius 1 is 1.47 bits per heavy atom. The summed E-state index contributed by atoms with van der Waals surface area (Å²) in [5.74, 6) is -2.03. The van der Waals surface area contributed by atoms with E-state index in [4.69, 9.17) is 16.7 Å². The molecular formula is C11H12ClNO4. The number of H-pyrrole nitrogens is 1. The summed E-state index contributed by atoms with van der Waals surface area (Å²) in [6.45, 7) is 3.60. The number of pyridine rings is 1. The minimum absolute atomic E-state index is 0.0362. The molecule has 0 bridgehead atoms. The number of rotatable bonds is 4. The number of aromatic nitrogens is 1. The van der Waals surface area contributed by atoms with Crippen LogP contribution in [-0.4, -0.2) is 21.7 Å². The number of carbonyl (C=O) groups excluding carboxylic acids is 2. The molecule has 0 amide bonds. The van der Waals surface area contributed by atoms with Crippen LogP contribution in [0.1, 0.15) is 30.8 Å². The molecule has 0 atom stereocenters. The van der Waals surface area contributed by atoms with Gasteiger partial charge in [-0.05, 0) is 5.92 Å². The van der Waals surface area contributed by atoms with Gasteiger partial charge in [0.1, 0.15) is 10.7 Å². The molecule has 1 rings (SSSR count). The Bertz CT molecular complexity index is 519. The van der Waals surface area contributed by atoms with Crippen molar-refractivity contribution in [3.05, 3.63) is 27.1 Å². The van der Waals surface area contributed by atoms with Gasteiger partial charge in [0.25, 0.3) is 0 Å². The molecular weight excluding hydrogens is 246 g/mol. The summed E-state index contributed by atoms with van der Waals surface area (Å²) < 4.78 is 0. The van der Waals surface area contributed by atoms with Crippen LogP contribution >= 0.6 is 11.6 Å². The zero-order valence-corrected chi connectivity index (χ0v) is 10.2. The third-order valence-corrected chi connectivity index (χ3v) is 2.44. The second-order valence-corrected chi connectivity index (χ2v) is 4.42. The molecule has 0 radical (unpaired) electrons. The van der Waals surface area contributed by atoms with Crippen LogP contribution in [0.15, 0.2) is 11.0 Å². The van der Waals surface area contributed by atoms with E-state index in [0.717, 1.165) is 6.20 Å². The van der Waals surface area contributed by atoms with Crippen LogP contribution < -0.4 is 5.43 Å². The standard InChI is InChI=1S/C11H12ClNO4/c1-5(2)3-6(14)11(17)9-8(12)10(16)7(15)4-13-9/h4-5,15H,3H2,1-2H3,(H,13,16). The molecule has 0 unspecified atom stereocenters. The monoisotopic (exact) mass is 257 g/mol. The highest BCUT2D eigenvalue weighted by Crippen LogP contribution is 2.14. The van der Waals surface area contributed by atoms with Crippen LogP contribution in [0.25, 0.3) is 0 Å². The maximum absolute atomic E-state index is 11.7. The number of ketones is 2. The first-order valence-corrected chi connectivity index (χ1v) is 5.40. The maximum Gasteiger partial charge on any atom is 0.246 e. The van der Waals surface area contributed by atoms with Crippen molar-refractivity contribution in [3.8, 4) is 5.75 Å². The third kappa shape index (κ3) is 2.94. The van der Waals surface area contributed by atoms with Crippen molar-refractivity contribution in [1.29, 1.82) is 0 Å². The summed E-state index contributed by atoms with van der Waals surface area (Å²) in [5, 5.41) is 8.60. The zero-order valence-electron chi connectivity index (χ0n) is 9.41. The van der Waals surface area contributed by atoms with E-state index in [-0.39, 0.29) is 18.0 Å². The van der Waals surface area contributed by atoms with Crippen LogP contribution in [0.2, 0.25) is 5.02 Å². The van der Waals surface area contributed by atoms with Crippen LogP contribution in [0.3, 0.4) is 0 Å². The lowest BCUT2D eigenvalue weighted by Gasteiger charge is -2.04. The third-order valence-electron chi connectivity index (χ3n) is 2.08. The van der Waals surface area contributed by atoms with E-state index in [9.17, 15) is 14.4 Å². The van der Waals surface area contributed by atoms with Crippen LogP contribution in [0.5, 0.6) is 5.75 Å². The molecule has 0 spiro atoms. The van der Waals surface area contributed by atoms with Crippen molar-refractivity contribution in [2.24, 2.45) is 5.92 Å². The summed E-state index contributed by atoms with van der Waals surface area (Å²) in [6.07, 6.45) is 1.02. The van der Waals surface area contributed by atoms with E-state index in [1.807, 2.05) is 0 Å². The number of Topliss-reactive ketones (excluding diaryl/α,β-unsaturated/α-hetero) is 2. The molecule has 92 valence electrons. The van der Waals surface area contributed by atoms with E-state index < -0.39 is 27.8 Å². The minimum Gasteiger partial charge on any atom is -0.503 e. The number of aromatic amines is 1. The van der Waals surface area contributed by atoms with Gasteiger partial charge in [-0.3, -0.25) is 14.4 Å². The molecule has 2 N–H and O–H groups in total. The Hall–Kier alpha value is -1.62. The van der Waals surface area contributed by atoms with E-state index in [0.29, 0.717) is 0 Å². The van der Waals surface area contributed by atoms with Gasteiger partial charge in [-0.25, -0.2) is 0 Å². The van der Waals surface area contributed by atoms with Crippen LogP contribution in [0, 0.1) is 5.92 Å². The molecule has 0 aliphatic rings. The Morgan fingerprint density at radius 2 is 2.06 bits per heavy atom. The highest BCUT2D eigenvalue weighted by molar-refractivity contribution is 6.47. The lowest BCUT2D eigenvalue weighted by atomic mass is 10.0. The van der Waals surface area contributed by atoms with Crippen LogP contribution in [0.4, 0.5) is 0 Å². The topological polar surface area (TPSA) is 87.2 Å². The van der Waals surface area contributed by atoms with Crippen molar-refractivity contribution in [2.75, 3.05) is 0 Å². The molecule has 5 nitrogen and oxygen atoms in total. The molecule has 17 heavy (non-hydrogen) atoms. The fourth-order valence-electron chi connectivity index (χ4n) is 1.26. The van der Waals surface area contributed by atoms with Gasteiger partial charge in [-0.1, -0.05) is 25.4 Å². The van der Waals surface area contributed by atoms with Gasteiger partial charge >= 0.3 is 0 Å². The number of nitrogens with one attached hydrogen (secondary N) is 1. The van der Waals surface area contributed by atoms with Crippen molar-refractivity contribution in [1.82, 2.24) is 4.98 Å². The van der Waals surface area contributed by atoms with Gasteiger partial charge in [0.15, 0.2) is 5.75 Å². The smallest absolute Gasteiger partial charge is 0.246 e. The van der Waals surface area contributed by atoms with E-state index in [1.54, 1.807) is 13.8 Å². The summed E-state index contributed by atoms with van der Waals surface area (Å²) in [6, 6.07) is 0. The Morgan fingerprint density at radius 3 is 2.59 bits per heavy atom. The molecule has 0 aromatic carbocycles. The molecule has 0 aliphatic carbocycles. The van der Waals surface area contributed by atoms with E-state index in [2.05, 4.69) is 4.98 Å². The number of halogens is 1. The Balaban J connectivity index is 3.10. The highest BCUT2D eigenvalue weighted by Gasteiger charge is 2.22. The van der Waals surface area contributed by atoms with E-state index in [1.165, 1.54) is 0 Å². The Kier molecular flexibility index (Phi) is 4.07. The highest BCUT2D eigenvalue weighted by atomic mass is 35.5. The van der Waals surface area contributed by atoms with Crippen molar-refractivity contribution >= 4 is 23.2 Å². The average Bonchev–Trinajstić information content (AvgIpc) is 2.24. The second kappa shape index (κ2) is 5.14. The largest absolute Gasteiger partial charge is 0.503 e. The minimum atomic E-state index is -0.869. The molecule has 1 heterocycles. The number of hydrogen-bond acceptors (Lipinski definition) is 4. The molecule has 0 fully saturated rings. The second-order valence-electron chi connectivity index (χ2n) is 4.04. The fraction of sp³-hybridized carbons (Fsp3) is 0.364. The van der Waals surface area contributed by atoms with Gasteiger partial charge in [0, 0.05) is 12.6 Å². The summed E-state index contributed by atoms with van der Waals surface area (Å²) >= 11 is 5.60. The summed E-state index contributed by atoms with van der Waals surface area (Å²) in [7, 11) is 0. The number of hydrogen-bond donors (Lipinski definition) is 2. The van der Waals surface area contributed by atoms with Gasteiger partial charge in [-0.15, -0.1) is 0 Å². The lowest BCUT2D eigenvalue weighted by molar-refractivity contribution is -0.115. The molecule has 1 aromatic heterocycles. The van der Waals surface area contributed by atoms with Gasteiger partial charge in [0.05, 0.1) is 0 Å². The van der Waals surface area contributed by atoms with Gasteiger partial charge in [-0.2, -0.15) is 0 Å². The first-order chi connectivity index (χ1) is 7.84. The van der Waals surface area contributed by atoms with Crippen molar-refractivity contribution < 1.29 is 14.7 Å². The lowest BCUT2D eigenvalue weighted by Crippen LogP contribution is -2.20. The normalized spacial score (nSPS) is 10.6. The SMILES string of the molecule is CC(C)CC(=O)C(=O)c1[nH]cc(O)c(=O)c1Cl. The molecule has 0 aliphatic heterocycles.